The highest BCUT2D eigenvalue weighted by Crippen LogP contribution is 2.50. The Bertz CT molecular complexity index is 1300. The molecule has 4 fully saturated rings. The third-order valence-electron chi connectivity index (χ3n) is 9.61. The van der Waals surface area contributed by atoms with Crippen LogP contribution >= 0.6 is 0 Å². The summed E-state index contributed by atoms with van der Waals surface area (Å²) in [5, 5.41) is 23.1. The van der Waals surface area contributed by atoms with Gasteiger partial charge in [0, 0.05) is 43.2 Å². The number of amides is 1. The molecule has 6 rings (SSSR count). The molecule has 0 bridgehead atoms. The van der Waals surface area contributed by atoms with Crippen LogP contribution in [0.3, 0.4) is 0 Å². The normalized spacial score (nSPS) is 26.8. The molecular formula is C32H36FN5O2. The van der Waals surface area contributed by atoms with Gasteiger partial charge < -0.3 is 19.9 Å². The third kappa shape index (κ3) is 5.19. The molecule has 0 radical (unpaired) electrons. The third-order valence-corrected chi connectivity index (χ3v) is 9.61. The summed E-state index contributed by atoms with van der Waals surface area (Å²) < 4.78 is 19.7. The highest BCUT2D eigenvalue weighted by Gasteiger charge is 2.53. The average Bonchev–Trinajstić information content (AvgIpc) is 3.72. The number of rotatable bonds is 8. The number of nitrogens with one attached hydrogen (secondary N) is 1. The van der Waals surface area contributed by atoms with Crippen molar-refractivity contribution in [2.45, 2.75) is 49.7 Å². The van der Waals surface area contributed by atoms with Crippen LogP contribution < -0.4 is 10.2 Å². The Morgan fingerprint density at radius 2 is 1.82 bits per heavy atom. The Kier molecular flexibility index (Phi) is 7.49. The smallest absolute Gasteiger partial charge is 0.251 e. The van der Waals surface area contributed by atoms with Crippen LogP contribution in [0.2, 0.25) is 0 Å². The summed E-state index contributed by atoms with van der Waals surface area (Å²) in [5.74, 6) is 0.206. The summed E-state index contributed by atoms with van der Waals surface area (Å²) >= 11 is 0. The molecule has 7 nitrogen and oxygen atoms in total. The minimum atomic E-state index is -0.851. The number of nitriles is 2. The first-order valence-electron chi connectivity index (χ1n) is 14.6. The fourth-order valence-electron chi connectivity index (χ4n) is 7.47. The zero-order valence-corrected chi connectivity index (χ0v) is 22.8. The first kappa shape index (κ1) is 26.7. The van der Waals surface area contributed by atoms with Crippen molar-refractivity contribution in [2.24, 2.45) is 17.8 Å². The fourth-order valence-corrected chi connectivity index (χ4v) is 7.47. The summed E-state index contributed by atoms with van der Waals surface area (Å²) in [6.07, 6.45) is 4.00. The van der Waals surface area contributed by atoms with Gasteiger partial charge in [-0.1, -0.05) is 18.6 Å². The van der Waals surface area contributed by atoms with Crippen LogP contribution in [0.4, 0.5) is 10.1 Å². The molecular weight excluding hydrogens is 505 g/mol. The molecule has 0 aromatic heterocycles. The van der Waals surface area contributed by atoms with Crippen molar-refractivity contribution in [1.29, 1.82) is 10.5 Å². The number of piperidine rings is 1. The van der Waals surface area contributed by atoms with E-state index in [4.69, 9.17) is 10.00 Å². The first-order chi connectivity index (χ1) is 19.5. The maximum atomic E-state index is 14.5. The van der Waals surface area contributed by atoms with Crippen molar-refractivity contribution < 1.29 is 13.9 Å². The molecule has 4 atom stereocenters. The van der Waals surface area contributed by atoms with E-state index in [1.807, 2.05) is 30.3 Å². The number of halogens is 1. The van der Waals surface area contributed by atoms with Crippen molar-refractivity contribution in [3.8, 4) is 12.1 Å². The molecule has 3 saturated heterocycles. The van der Waals surface area contributed by atoms with Gasteiger partial charge in [0.2, 0.25) is 0 Å². The van der Waals surface area contributed by atoms with Crippen LogP contribution in [-0.4, -0.2) is 62.3 Å². The SMILES string of the molecule is N#Cc1ccc(N2CC(CN3CCC([C@@](C#N)(c4cccc(F)c4)[C@H]4CCC[C@@H]4NC(=O)[C@@H]4CO4)CC3)C2)cc1. The maximum absolute atomic E-state index is 14.5. The van der Waals surface area contributed by atoms with Gasteiger partial charge in [0.25, 0.3) is 5.91 Å². The summed E-state index contributed by atoms with van der Waals surface area (Å²) in [6.45, 7) is 5.33. The Hall–Kier alpha value is -3.46. The lowest BCUT2D eigenvalue weighted by molar-refractivity contribution is -0.123. The Morgan fingerprint density at radius 3 is 2.48 bits per heavy atom. The predicted molar refractivity (Wildman–Crippen MR) is 149 cm³/mol. The Balaban J connectivity index is 1.13. The molecule has 4 aliphatic rings. The number of epoxide rings is 1. The molecule has 2 aromatic carbocycles. The highest BCUT2D eigenvalue weighted by molar-refractivity contribution is 5.83. The molecule has 3 aliphatic heterocycles. The quantitative estimate of drug-likeness (QED) is 0.508. The van der Waals surface area contributed by atoms with Crippen LogP contribution in [0.5, 0.6) is 0 Å². The van der Waals surface area contributed by atoms with Crippen molar-refractivity contribution in [1.82, 2.24) is 10.2 Å². The van der Waals surface area contributed by atoms with Gasteiger partial charge in [-0.15, -0.1) is 0 Å². The monoisotopic (exact) mass is 541 g/mol. The van der Waals surface area contributed by atoms with Crippen LogP contribution in [0, 0.1) is 46.2 Å². The summed E-state index contributed by atoms with van der Waals surface area (Å²) in [7, 11) is 0. The molecule has 208 valence electrons. The van der Waals surface area contributed by atoms with E-state index in [9.17, 15) is 14.4 Å². The van der Waals surface area contributed by atoms with Crippen molar-refractivity contribution >= 4 is 11.6 Å². The summed E-state index contributed by atoms with van der Waals surface area (Å²) in [5.41, 5.74) is 1.74. The molecule has 1 N–H and O–H groups in total. The van der Waals surface area contributed by atoms with Gasteiger partial charge in [0.15, 0.2) is 6.10 Å². The van der Waals surface area contributed by atoms with E-state index in [1.165, 1.54) is 6.07 Å². The van der Waals surface area contributed by atoms with Gasteiger partial charge in [-0.25, -0.2) is 4.39 Å². The molecule has 1 amide bonds. The number of hydrogen-bond donors (Lipinski definition) is 1. The molecule has 0 spiro atoms. The standard InChI is InChI=1S/C32H36FN5O2/c33-26-4-1-3-25(15-26)32(21-35,28-5-2-6-29(28)36-31(39)30-20-40-30)24-11-13-37(14-12-24)17-23-18-38(19-23)27-9-7-22(16-34)8-10-27/h1,3-4,7-10,15,23-24,28-30H,2,5-6,11-14,17-20H2,(H,36,39)/t28-,29-,30-,32-/m0/s1. The zero-order valence-electron chi connectivity index (χ0n) is 22.8. The number of carbonyl (C=O) groups excluding carboxylic acids is 1. The molecule has 0 unspecified atom stereocenters. The number of nitrogens with zero attached hydrogens (tertiary/aromatic N) is 4. The second-order valence-corrected chi connectivity index (χ2v) is 12.0. The van der Waals surface area contributed by atoms with Crippen LogP contribution in [0.1, 0.15) is 43.2 Å². The number of benzene rings is 2. The van der Waals surface area contributed by atoms with E-state index in [0.29, 0.717) is 18.1 Å². The number of anilines is 1. The number of hydrogen-bond acceptors (Lipinski definition) is 6. The topological polar surface area (TPSA) is 95.7 Å². The Labute approximate surface area is 235 Å². The second kappa shape index (κ2) is 11.2. The van der Waals surface area contributed by atoms with E-state index in [1.54, 1.807) is 12.1 Å². The van der Waals surface area contributed by atoms with Gasteiger partial charge in [0.05, 0.1) is 29.7 Å². The predicted octanol–water partition coefficient (Wildman–Crippen LogP) is 3.99. The molecule has 40 heavy (non-hydrogen) atoms. The lowest BCUT2D eigenvalue weighted by Crippen LogP contribution is -2.55. The lowest BCUT2D eigenvalue weighted by Gasteiger charge is -2.48. The van der Waals surface area contributed by atoms with Crippen molar-refractivity contribution in [3.63, 3.8) is 0 Å². The highest BCUT2D eigenvalue weighted by atomic mass is 19.1. The summed E-state index contributed by atoms with van der Waals surface area (Å²) in [4.78, 5) is 17.5. The minimum Gasteiger partial charge on any atom is -0.371 e. The van der Waals surface area contributed by atoms with E-state index < -0.39 is 5.41 Å². The molecule has 3 heterocycles. The van der Waals surface area contributed by atoms with Gasteiger partial charge in [-0.05, 0) is 86.7 Å². The van der Waals surface area contributed by atoms with Crippen molar-refractivity contribution in [3.05, 3.63) is 65.5 Å². The average molecular weight is 542 g/mol. The van der Waals surface area contributed by atoms with Gasteiger partial charge >= 0.3 is 0 Å². The van der Waals surface area contributed by atoms with Gasteiger partial charge in [0.1, 0.15) is 5.82 Å². The van der Waals surface area contributed by atoms with E-state index in [-0.39, 0.29) is 35.7 Å². The van der Waals surface area contributed by atoms with Crippen LogP contribution in [0.25, 0.3) is 0 Å². The number of likely N-dealkylation sites (tertiary alicyclic amines) is 1. The first-order valence-corrected chi connectivity index (χ1v) is 14.6. The molecule has 2 aromatic rings. The fraction of sp³-hybridized carbons (Fsp3) is 0.531. The molecule has 8 heteroatoms. The number of ether oxygens (including phenoxy) is 1. The lowest BCUT2D eigenvalue weighted by atomic mass is 9.59. The molecule has 1 saturated carbocycles. The Morgan fingerprint density at radius 1 is 1.07 bits per heavy atom. The summed E-state index contributed by atoms with van der Waals surface area (Å²) in [6, 6.07) is 19.2. The van der Waals surface area contributed by atoms with Crippen molar-refractivity contribution in [2.75, 3.05) is 44.2 Å². The van der Waals surface area contributed by atoms with E-state index in [0.717, 1.165) is 76.1 Å². The largest absolute Gasteiger partial charge is 0.371 e. The zero-order chi connectivity index (χ0) is 27.7. The van der Waals surface area contributed by atoms with Crippen LogP contribution in [0.15, 0.2) is 48.5 Å². The van der Waals surface area contributed by atoms with Gasteiger partial charge in [-0.3, -0.25) is 4.79 Å². The van der Waals surface area contributed by atoms with E-state index >= 15 is 0 Å². The molecule has 1 aliphatic carbocycles. The minimum absolute atomic E-state index is 0.0637. The van der Waals surface area contributed by atoms with E-state index in [2.05, 4.69) is 27.3 Å². The van der Waals surface area contributed by atoms with Gasteiger partial charge in [-0.2, -0.15) is 10.5 Å². The second-order valence-electron chi connectivity index (χ2n) is 12.0. The number of carbonyl (C=O) groups is 1. The maximum Gasteiger partial charge on any atom is 0.251 e. The van der Waals surface area contributed by atoms with Crippen LogP contribution in [-0.2, 0) is 14.9 Å².